The van der Waals surface area contributed by atoms with Gasteiger partial charge in [-0.15, -0.1) is 35.3 Å². The van der Waals surface area contributed by atoms with E-state index in [1.807, 2.05) is 6.20 Å². The molecule has 2 heterocycles. The van der Waals surface area contributed by atoms with Crippen LogP contribution in [0.4, 0.5) is 4.39 Å². The van der Waals surface area contributed by atoms with Gasteiger partial charge in [0.1, 0.15) is 16.6 Å². The van der Waals surface area contributed by atoms with Gasteiger partial charge in [0.15, 0.2) is 12.8 Å². The van der Waals surface area contributed by atoms with Gasteiger partial charge in [0.25, 0.3) is 0 Å². The van der Waals surface area contributed by atoms with E-state index in [4.69, 9.17) is 9.47 Å². The third-order valence-corrected chi connectivity index (χ3v) is 5.16. The largest absolute Gasteiger partial charge is 0.467 e. The van der Waals surface area contributed by atoms with E-state index in [0.717, 1.165) is 28.3 Å². The first kappa shape index (κ1) is 21.8. The molecule has 0 unspecified atom stereocenters. The fourth-order valence-electron chi connectivity index (χ4n) is 2.73. The Morgan fingerprint density at radius 3 is 2.96 bits per heavy atom. The lowest BCUT2D eigenvalue weighted by Crippen LogP contribution is -2.37. The maximum atomic E-state index is 13.8. The molecule has 1 aliphatic heterocycles. The lowest BCUT2D eigenvalue weighted by atomic mass is 10.1. The number of guanidine groups is 1. The van der Waals surface area contributed by atoms with Crippen LogP contribution in [0.15, 0.2) is 23.3 Å². The van der Waals surface area contributed by atoms with Crippen molar-refractivity contribution >= 4 is 41.3 Å². The topological polar surface area (TPSA) is 67.8 Å². The minimum absolute atomic E-state index is 0. The summed E-state index contributed by atoms with van der Waals surface area (Å²) in [5.74, 6) is 1.15. The van der Waals surface area contributed by atoms with Gasteiger partial charge in [-0.25, -0.2) is 9.37 Å². The number of nitrogens with one attached hydrogen (secondary N) is 2. The third-order valence-electron chi connectivity index (χ3n) is 4.02. The number of aryl methyl sites for hydroxylation is 1. The van der Waals surface area contributed by atoms with Gasteiger partial charge >= 0.3 is 0 Å². The highest BCUT2D eigenvalue weighted by molar-refractivity contribution is 14.0. The number of thiazole rings is 1. The highest BCUT2D eigenvalue weighted by Gasteiger charge is 2.16. The highest BCUT2D eigenvalue weighted by Crippen LogP contribution is 2.29. The van der Waals surface area contributed by atoms with E-state index in [2.05, 4.69) is 27.5 Å². The number of benzene rings is 1. The van der Waals surface area contributed by atoms with Crippen molar-refractivity contribution < 1.29 is 13.9 Å². The van der Waals surface area contributed by atoms with Gasteiger partial charge in [0, 0.05) is 30.2 Å². The second kappa shape index (κ2) is 10.8. The van der Waals surface area contributed by atoms with Crippen molar-refractivity contribution in [3.63, 3.8) is 0 Å². The normalized spacial score (nSPS) is 13.4. The predicted octanol–water partition coefficient (Wildman–Crippen LogP) is 3.24. The number of nitrogens with zero attached hydrogens (tertiary/aromatic N) is 2. The smallest absolute Gasteiger partial charge is 0.191 e. The van der Waals surface area contributed by atoms with E-state index in [1.54, 1.807) is 18.4 Å². The van der Waals surface area contributed by atoms with Gasteiger partial charge in [-0.3, -0.25) is 4.99 Å². The van der Waals surface area contributed by atoms with Crippen molar-refractivity contribution in [2.75, 3.05) is 20.4 Å². The molecule has 6 nitrogen and oxygen atoms in total. The van der Waals surface area contributed by atoms with Crippen molar-refractivity contribution in [2.45, 2.75) is 32.9 Å². The lowest BCUT2D eigenvalue weighted by molar-refractivity contribution is -0.0172. The van der Waals surface area contributed by atoms with Crippen molar-refractivity contribution in [1.82, 2.24) is 15.6 Å². The molecule has 1 aromatic carbocycles. The van der Waals surface area contributed by atoms with Gasteiger partial charge in [0.05, 0.1) is 13.2 Å². The maximum absolute atomic E-state index is 13.8. The van der Waals surface area contributed by atoms with E-state index >= 15 is 0 Å². The third kappa shape index (κ3) is 6.01. The summed E-state index contributed by atoms with van der Waals surface area (Å²) in [5, 5.41) is 7.51. The Labute approximate surface area is 179 Å². The number of hydrogen-bond donors (Lipinski definition) is 2. The molecule has 148 valence electrons. The Morgan fingerprint density at radius 2 is 2.22 bits per heavy atom. The SMILES string of the molecule is CCc1cnc(CNC(=NC)NCCc2cc(F)cc3c2OCOC3)s1.I. The number of ether oxygens (including phenoxy) is 2. The Balaban J connectivity index is 0.00000261. The van der Waals surface area contributed by atoms with Gasteiger partial charge < -0.3 is 20.1 Å². The lowest BCUT2D eigenvalue weighted by Gasteiger charge is -2.21. The molecular weight excluding hydrogens is 482 g/mol. The summed E-state index contributed by atoms with van der Waals surface area (Å²) in [7, 11) is 1.72. The van der Waals surface area contributed by atoms with Crippen LogP contribution < -0.4 is 15.4 Å². The molecule has 3 rings (SSSR count). The molecular formula is C18H24FIN4O2S. The fraction of sp³-hybridized carbons (Fsp3) is 0.444. The highest BCUT2D eigenvalue weighted by atomic mass is 127. The molecule has 0 saturated heterocycles. The molecule has 2 aromatic rings. The molecule has 0 radical (unpaired) electrons. The first-order chi connectivity index (χ1) is 12.7. The maximum Gasteiger partial charge on any atom is 0.191 e. The summed E-state index contributed by atoms with van der Waals surface area (Å²) in [4.78, 5) is 9.86. The standard InChI is InChI=1S/C18H23FN4O2S.HI/c1-3-15-8-22-16(26-15)9-23-18(20-2)21-5-4-12-6-14(19)7-13-10-24-11-25-17(12)13;/h6-8H,3-5,9-11H2,1-2H3,(H2,20,21,23);1H. The molecule has 0 spiro atoms. The number of halogens is 2. The van der Waals surface area contributed by atoms with E-state index < -0.39 is 0 Å². The average Bonchev–Trinajstić information content (AvgIpc) is 3.12. The van der Waals surface area contributed by atoms with Crippen LogP contribution >= 0.6 is 35.3 Å². The minimum atomic E-state index is -0.272. The molecule has 2 N–H and O–H groups in total. The monoisotopic (exact) mass is 506 g/mol. The Kier molecular flexibility index (Phi) is 8.71. The zero-order valence-corrected chi connectivity index (χ0v) is 18.5. The predicted molar refractivity (Wildman–Crippen MR) is 115 cm³/mol. The molecule has 0 saturated carbocycles. The molecule has 27 heavy (non-hydrogen) atoms. The molecule has 0 atom stereocenters. The summed E-state index contributed by atoms with van der Waals surface area (Å²) in [6, 6.07) is 2.98. The molecule has 0 amide bonds. The first-order valence-electron chi connectivity index (χ1n) is 8.59. The van der Waals surface area contributed by atoms with Gasteiger partial charge in [-0.05, 0) is 30.5 Å². The van der Waals surface area contributed by atoms with Crippen molar-refractivity contribution in [3.05, 3.63) is 45.2 Å². The van der Waals surface area contributed by atoms with E-state index in [0.29, 0.717) is 32.1 Å². The van der Waals surface area contributed by atoms with Crippen LogP contribution in [-0.4, -0.2) is 31.3 Å². The Bertz CT molecular complexity index is 785. The van der Waals surface area contributed by atoms with E-state index in [-0.39, 0.29) is 36.6 Å². The molecule has 0 aliphatic carbocycles. The number of rotatable bonds is 6. The zero-order valence-electron chi connectivity index (χ0n) is 15.4. The zero-order chi connectivity index (χ0) is 18.4. The van der Waals surface area contributed by atoms with Crippen LogP contribution in [-0.2, 0) is 30.7 Å². The number of fused-ring (bicyclic) bond motifs is 1. The number of aliphatic imine (C=N–C) groups is 1. The van der Waals surface area contributed by atoms with Crippen LogP contribution in [0.1, 0.15) is 27.9 Å². The van der Waals surface area contributed by atoms with Crippen LogP contribution in [0.3, 0.4) is 0 Å². The fourth-order valence-corrected chi connectivity index (χ4v) is 3.53. The van der Waals surface area contributed by atoms with Crippen LogP contribution in [0.25, 0.3) is 0 Å². The summed E-state index contributed by atoms with van der Waals surface area (Å²) < 4.78 is 24.5. The molecule has 1 aromatic heterocycles. The minimum Gasteiger partial charge on any atom is -0.467 e. The summed E-state index contributed by atoms with van der Waals surface area (Å²) in [5.41, 5.74) is 1.59. The quantitative estimate of drug-likeness (QED) is 0.358. The number of aromatic nitrogens is 1. The number of hydrogen-bond acceptors (Lipinski definition) is 5. The van der Waals surface area contributed by atoms with Crippen molar-refractivity contribution in [2.24, 2.45) is 4.99 Å². The van der Waals surface area contributed by atoms with Crippen LogP contribution in [0.5, 0.6) is 5.75 Å². The molecule has 0 fully saturated rings. The van der Waals surface area contributed by atoms with Crippen molar-refractivity contribution in [1.29, 1.82) is 0 Å². The second-order valence-corrected chi connectivity index (χ2v) is 7.04. The van der Waals surface area contributed by atoms with E-state index in [9.17, 15) is 4.39 Å². The van der Waals surface area contributed by atoms with Crippen LogP contribution in [0, 0.1) is 5.82 Å². The Morgan fingerprint density at radius 1 is 1.37 bits per heavy atom. The summed E-state index contributed by atoms with van der Waals surface area (Å²) >= 11 is 1.70. The molecule has 1 aliphatic rings. The average molecular weight is 506 g/mol. The van der Waals surface area contributed by atoms with Gasteiger partial charge in [0.2, 0.25) is 0 Å². The van der Waals surface area contributed by atoms with Gasteiger partial charge in [-0.1, -0.05) is 6.92 Å². The second-order valence-electron chi connectivity index (χ2n) is 5.84. The molecule has 0 bridgehead atoms. The molecule has 9 heteroatoms. The Hall–Kier alpha value is -1.46. The summed E-state index contributed by atoms with van der Waals surface area (Å²) in [6.45, 7) is 3.93. The van der Waals surface area contributed by atoms with Crippen molar-refractivity contribution in [3.8, 4) is 5.75 Å². The van der Waals surface area contributed by atoms with Gasteiger partial charge in [-0.2, -0.15) is 0 Å². The summed E-state index contributed by atoms with van der Waals surface area (Å²) in [6.07, 6.45) is 3.53. The van der Waals surface area contributed by atoms with Crippen LogP contribution in [0.2, 0.25) is 0 Å². The van der Waals surface area contributed by atoms with E-state index in [1.165, 1.54) is 17.0 Å². The first-order valence-corrected chi connectivity index (χ1v) is 9.41.